The number of benzene rings is 2. The van der Waals surface area contributed by atoms with E-state index < -0.39 is 43.1 Å². The normalized spacial score (nSPS) is 18.4. The van der Waals surface area contributed by atoms with Gasteiger partial charge in [-0.3, -0.25) is 4.79 Å². The topological polar surface area (TPSA) is 50.7 Å². The Morgan fingerprint density at radius 1 is 1.06 bits per heavy atom. The van der Waals surface area contributed by atoms with Crippen LogP contribution in [0.4, 0.5) is 26.3 Å². The Morgan fingerprint density at radius 3 is 2.29 bits per heavy atom. The third-order valence-electron chi connectivity index (χ3n) is 5.02. The lowest BCUT2D eigenvalue weighted by atomic mass is 9.86. The standard InChI is InChI=1S/C21H15Cl3F6N2O2/c22-13-6-12(7-14(23)8-13)19(21(28,29)30)9-16(32-34-19)15-3-1-2-11(18(15)24)10-31-17(33)4-5-20(25,26)27/h1-3,6-8H,4-5,9-10H2,(H,31,33). The summed E-state index contributed by atoms with van der Waals surface area (Å²) in [6.45, 7) is -0.230. The van der Waals surface area contributed by atoms with Crippen LogP contribution in [0.25, 0.3) is 0 Å². The molecule has 1 heterocycles. The summed E-state index contributed by atoms with van der Waals surface area (Å²) >= 11 is 18.1. The van der Waals surface area contributed by atoms with E-state index in [0.717, 1.165) is 12.1 Å². The summed E-state index contributed by atoms with van der Waals surface area (Å²) in [4.78, 5) is 16.6. The van der Waals surface area contributed by atoms with Crippen LogP contribution < -0.4 is 5.32 Å². The van der Waals surface area contributed by atoms with Crippen molar-refractivity contribution in [2.75, 3.05) is 0 Å². The maximum absolute atomic E-state index is 14.2. The van der Waals surface area contributed by atoms with Gasteiger partial charge in [0, 0.05) is 34.1 Å². The van der Waals surface area contributed by atoms with Gasteiger partial charge in [-0.2, -0.15) is 26.3 Å². The fourth-order valence-electron chi connectivity index (χ4n) is 3.31. The molecule has 0 spiro atoms. The number of halogens is 9. The highest BCUT2D eigenvalue weighted by Crippen LogP contribution is 2.50. The van der Waals surface area contributed by atoms with Gasteiger partial charge < -0.3 is 10.2 Å². The highest BCUT2D eigenvalue weighted by Gasteiger charge is 2.62. The molecule has 4 nitrogen and oxygen atoms in total. The summed E-state index contributed by atoms with van der Waals surface area (Å²) in [7, 11) is 0. The van der Waals surface area contributed by atoms with Crippen molar-refractivity contribution in [2.24, 2.45) is 5.16 Å². The van der Waals surface area contributed by atoms with Crippen molar-refractivity contribution >= 4 is 46.4 Å². The molecule has 1 atom stereocenters. The lowest BCUT2D eigenvalue weighted by molar-refractivity contribution is -0.275. The Hall–Kier alpha value is -2.17. The van der Waals surface area contributed by atoms with E-state index in [1.165, 1.54) is 24.3 Å². The summed E-state index contributed by atoms with van der Waals surface area (Å²) in [6.07, 6.45) is -12.2. The minimum Gasteiger partial charge on any atom is -0.374 e. The van der Waals surface area contributed by atoms with Crippen LogP contribution in [0, 0.1) is 0 Å². The molecule has 0 aromatic heterocycles. The van der Waals surface area contributed by atoms with Gasteiger partial charge in [0.05, 0.1) is 23.6 Å². The van der Waals surface area contributed by atoms with E-state index in [1.54, 1.807) is 0 Å². The van der Waals surface area contributed by atoms with E-state index in [4.69, 9.17) is 39.6 Å². The summed E-state index contributed by atoms with van der Waals surface area (Å²) in [6, 6.07) is 7.78. The molecule has 0 bridgehead atoms. The fourth-order valence-corrected chi connectivity index (χ4v) is 4.14. The van der Waals surface area contributed by atoms with Crippen LogP contribution in [-0.4, -0.2) is 24.0 Å². The van der Waals surface area contributed by atoms with E-state index >= 15 is 0 Å². The van der Waals surface area contributed by atoms with Crippen LogP contribution in [0.15, 0.2) is 41.6 Å². The second-order valence-electron chi connectivity index (χ2n) is 7.46. The van der Waals surface area contributed by atoms with Crippen molar-refractivity contribution in [3.8, 4) is 0 Å². The van der Waals surface area contributed by atoms with Crippen LogP contribution in [0.1, 0.15) is 36.0 Å². The third kappa shape index (κ3) is 5.90. The molecule has 0 radical (unpaired) electrons. The lowest BCUT2D eigenvalue weighted by Gasteiger charge is -2.29. The van der Waals surface area contributed by atoms with Gasteiger partial charge >= 0.3 is 12.4 Å². The van der Waals surface area contributed by atoms with E-state index in [1.807, 2.05) is 0 Å². The van der Waals surface area contributed by atoms with Gasteiger partial charge in [-0.25, -0.2) is 0 Å². The zero-order valence-electron chi connectivity index (χ0n) is 17.0. The molecule has 184 valence electrons. The molecule has 2 aromatic rings. The van der Waals surface area contributed by atoms with Crippen LogP contribution in [-0.2, 0) is 21.8 Å². The molecular formula is C21H15Cl3F6N2O2. The number of hydrogen-bond donors (Lipinski definition) is 1. The monoisotopic (exact) mass is 546 g/mol. The van der Waals surface area contributed by atoms with E-state index in [9.17, 15) is 31.1 Å². The first-order valence-corrected chi connectivity index (χ1v) is 10.7. The Morgan fingerprint density at radius 2 is 1.71 bits per heavy atom. The number of rotatable bonds is 6. The van der Waals surface area contributed by atoms with Gasteiger partial charge in [-0.1, -0.05) is 58.2 Å². The third-order valence-corrected chi connectivity index (χ3v) is 5.90. The van der Waals surface area contributed by atoms with E-state index in [-0.39, 0.29) is 44.0 Å². The average Bonchev–Trinajstić information content (AvgIpc) is 3.17. The molecule has 0 saturated carbocycles. The average molecular weight is 548 g/mol. The van der Waals surface area contributed by atoms with Gasteiger partial charge in [0.2, 0.25) is 5.91 Å². The van der Waals surface area contributed by atoms with Crippen molar-refractivity contribution in [3.63, 3.8) is 0 Å². The van der Waals surface area contributed by atoms with Crippen molar-refractivity contribution < 1.29 is 36.0 Å². The summed E-state index contributed by atoms with van der Waals surface area (Å²) in [5.74, 6) is -0.853. The molecule has 1 aliphatic heterocycles. The second kappa shape index (κ2) is 9.83. The Kier molecular flexibility index (Phi) is 7.64. The first-order valence-electron chi connectivity index (χ1n) is 9.61. The zero-order valence-corrected chi connectivity index (χ0v) is 19.2. The molecule has 1 unspecified atom stereocenters. The molecule has 3 rings (SSSR count). The molecule has 2 aromatic carbocycles. The molecule has 1 aliphatic rings. The molecule has 1 N–H and O–H groups in total. The Labute approximate surface area is 204 Å². The molecule has 1 amide bonds. The Bertz CT molecular complexity index is 1100. The molecular weight excluding hydrogens is 533 g/mol. The minimum atomic E-state index is -4.90. The predicted octanol–water partition coefficient (Wildman–Crippen LogP) is 7.19. The van der Waals surface area contributed by atoms with Gasteiger partial charge in [0.25, 0.3) is 5.60 Å². The molecule has 34 heavy (non-hydrogen) atoms. The number of nitrogens with zero attached hydrogens (tertiary/aromatic N) is 1. The number of hydrogen-bond acceptors (Lipinski definition) is 3. The second-order valence-corrected chi connectivity index (χ2v) is 8.71. The van der Waals surface area contributed by atoms with Crippen LogP contribution in [0.2, 0.25) is 15.1 Å². The van der Waals surface area contributed by atoms with Crippen LogP contribution in [0.5, 0.6) is 0 Å². The van der Waals surface area contributed by atoms with Gasteiger partial charge in [-0.05, 0) is 23.8 Å². The number of alkyl halides is 6. The van der Waals surface area contributed by atoms with E-state index in [2.05, 4.69) is 10.5 Å². The van der Waals surface area contributed by atoms with Gasteiger partial charge in [0.15, 0.2) is 0 Å². The lowest BCUT2D eigenvalue weighted by Crippen LogP contribution is -2.42. The van der Waals surface area contributed by atoms with Crippen LogP contribution >= 0.6 is 34.8 Å². The minimum absolute atomic E-state index is 0.0236. The maximum Gasteiger partial charge on any atom is 0.435 e. The number of carbonyl (C=O) groups is 1. The highest BCUT2D eigenvalue weighted by molar-refractivity contribution is 6.35. The molecule has 0 aliphatic carbocycles. The number of carbonyl (C=O) groups excluding carboxylic acids is 1. The highest BCUT2D eigenvalue weighted by atomic mass is 35.5. The summed E-state index contributed by atoms with van der Waals surface area (Å²) in [5, 5.41) is 5.86. The maximum atomic E-state index is 14.2. The molecule has 0 saturated heterocycles. The van der Waals surface area contributed by atoms with Gasteiger partial charge in [0.1, 0.15) is 0 Å². The predicted molar refractivity (Wildman–Crippen MR) is 115 cm³/mol. The van der Waals surface area contributed by atoms with Crippen LogP contribution in [0.3, 0.4) is 0 Å². The van der Waals surface area contributed by atoms with Crippen molar-refractivity contribution in [2.45, 2.75) is 43.8 Å². The van der Waals surface area contributed by atoms with Crippen molar-refractivity contribution in [3.05, 3.63) is 68.2 Å². The first-order chi connectivity index (χ1) is 15.7. The summed E-state index contributed by atoms with van der Waals surface area (Å²) in [5.41, 5.74) is -2.94. The smallest absolute Gasteiger partial charge is 0.374 e. The molecule has 0 fully saturated rings. The van der Waals surface area contributed by atoms with Crippen molar-refractivity contribution in [1.82, 2.24) is 5.32 Å². The quantitative estimate of drug-likeness (QED) is 0.389. The number of amides is 1. The SMILES string of the molecule is O=C(CCC(F)(F)F)NCc1cccc(C2=NOC(c3cc(Cl)cc(Cl)c3)(C(F)(F)F)C2)c1Cl. The summed E-state index contributed by atoms with van der Waals surface area (Å²) < 4.78 is 79.2. The first kappa shape index (κ1) is 26.4. The fraction of sp³-hybridized carbons (Fsp3) is 0.333. The Balaban J connectivity index is 1.82. The molecule has 13 heteroatoms. The number of nitrogens with one attached hydrogen (secondary N) is 1. The van der Waals surface area contributed by atoms with E-state index in [0.29, 0.717) is 0 Å². The number of oxime groups is 1. The largest absolute Gasteiger partial charge is 0.435 e. The van der Waals surface area contributed by atoms with Crippen molar-refractivity contribution in [1.29, 1.82) is 0 Å². The van der Waals surface area contributed by atoms with Gasteiger partial charge in [-0.15, -0.1) is 0 Å². The zero-order chi connectivity index (χ0) is 25.3.